The van der Waals surface area contributed by atoms with Crippen molar-refractivity contribution in [2.75, 3.05) is 19.6 Å². The van der Waals surface area contributed by atoms with E-state index < -0.39 is 0 Å². The van der Waals surface area contributed by atoms with Crippen LogP contribution in [0.2, 0.25) is 0 Å². The molecule has 0 unspecified atom stereocenters. The minimum atomic E-state index is 0.0603. The second-order valence-corrected chi connectivity index (χ2v) is 8.17. The van der Waals surface area contributed by atoms with Gasteiger partial charge in [0.1, 0.15) is 0 Å². The summed E-state index contributed by atoms with van der Waals surface area (Å²) in [4.78, 5) is 15.4. The third-order valence-corrected chi connectivity index (χ3v) is 7.10. The molecule has 2 bridgehead atoms. The second kappa shape index (κ2) is 5.23. The molecular weight excluding hydrogens is 380 g/mol. The summed E-state index contributed by atoms with van der Waals surface area (Å²) in [5, 5.41) is 3.20. The van der Waals surface area contributed by atoms with Gasteiger partial charge in [0.05, 0.1) is 8.66 Å². The molecule has 3 nitrogen and oxygen atoms in total. The van der Waals surface area contributed by atoms with Crippen molar-refractivity contribution in [3.8, 4) is 0 Å². The highest BCUT2D eigenvalue weighted by molar-refractivity contribution is 9.13. The number of rotatable bonds is 2. The Morgan fingerprint density at radius 2 is 2.11 bits per heavy atom. The van der Waals surface area contributed by atoms with Gasteiger partial charge in [-0.25, -0.2) is 0 Å². The van der Waals surface area contributed by atoms with Crippen molar-refractivity contribution in [3.63, 3.8) is 0 Å². The van der Waals surface area contributed by atoms with Gasteiger partial charge in [0, 0.05) is 17.1 Å². The van der Waals surface area contributed by atoms with E-state index in [9.17, 15) is 4.79 Å². The van der Waals surface area contributed by atoms with Crippen LogP contribution in [0.1, 0.15) is 22.5 Å². The van der Waals surface area contributed by atoms with Crippen molar-refractivity contribution in [1.82, 2.24) is 10.2 Å². The lowest BCUT2D eigenvalue weighted by Gasteiger charge is -2.44. The molecule has 0 radical (unpaired) electrons. The third kappa shape index (κ3) is 2.53. The molecule has 98 valence electrons. The number of carbonyl (C=O) groups excluding carboxylic acids is 1. The summed E-state index contributed by atoms with van der Waals surface area (Å²) >= 11 is 8.32. The van der Waals surface area contributed by atoms with Gasteiger partial charge in [0.2, 0.25) is 0 Å². The van der Waals surface area contributed by atoms with E-state index in [-0.39, 0.29) is 5.91 Å². The minimum Gasteiger partial charge on any atom is -0.347 e. The van der Waals surface area contributed by atoms with Gasteiger partial charge in [-0.15, -0.1) is 11.3 Å². The molecule has 0 aliphatic carbocycles. The minimum absolute atomic E-state index is 0.0603. The number of carbonyl (C=O) groups is 1. The largest absolute Gasteiger partial charge is 0.347 e. The van der Waals surface area contributed by atoms with Gasteiger partial charge in [0.25, 0.3) is 5.91 Å². The predicted molar refractivity (Wildman–Crippen MR) is 80.1 cm³/mol. The number of fused-ring (bicyclic) bond motifs is 3. The van der Waals surface area contributed by atoms with Crippen LogP contribution in [-0.4, -0.2) is 36.5 Å². The molecule has 6 heteroatoms. The molecule has 0 spiro atoms. The van der Waals surface area contributed by atoms with E-state index in [4.69, 9.17) is 0 Å². The predicted octanol–water partition coefficient (Wildman–Crippen LogP) is 3.10. The zero-order chi connectivity index (χ0) is 12.7. The van der Waals surface area contributed by atoms with E-state index in [0.29, 0.717) is 12.0 Å². The van der Waals surface area contributed by atoms with Crippen LogP contribution in [0, 0.1) is 5.92 Å². The monoisotopic (exact) mass is 392 g/mol. The molecule has 18 heavy (non-hydrogen) atoms. The molecule has 1 N–H and O–H groups in total. The van der Waals surface area contributed by atoms with Crippen molar-refractivity contribution in [3.05, 3.63) is 19.2 Å². The van der Waals surface area contributed by atoms with Gasteiger partial charge in [-0.3, -0.25) is 4.79 Å². The van der Waals surface area contributed by atoms with Gasteiger partial charge >= 0.3 is 0 Å². The molecule has 0 aromatic carbocycles. The van der Waals surface area contributed by atoms with Gasteiger partial charge in [-0.1, -0.05) is 0 Å². The highest BCUT2D eigenvalue weighted by atomic mass is 79.9. The lowest BCUT2D eigenvalue weighted by Crippen LogP contribution is -2.57. The van der Waals surface area contributed by atoms with E-state index in [0.717, 1.165) is 19.7 Å². The molecule has 4 rings (SSSR count). The zero-order valence-corrected chi connectivity index (χ0v) is 13.8. The topological polar surface area (TPSA) is 32.3 Å². The summed E-state index contributed by atoms with van der Waals surface area (Å²) < 4.78 is 1.92. The molecule has 0 saturated carbocycles. The third-order valence-electron chi connectivity index (χ3n) is 3.84. The van der Waals surface area contributed by atoms with Crippen LogP contribution in [-0.2, 0) is 0 Å². The summed E-state index contributed by atoms with van der Waals surface area (Å²) in [7, 11) is 0. The molecule has 1 aromatic heterocycles. The molecule has 3 saturated heterocycles. The Bertz CT molecular complexity index is 449. The van der Waals surface area contributed by atoms with E-state index in [1.807, 2.05) is 6.07 Å². The number of amides is 1. The molecule has 3 fully saturated rings. The smallest absolute Gasteiger partial charge is 0.261 e. The molecular formula is C12H14Br2N2OS. The average molecular weight is 394 g/mol. The first-order valence-corrected chi connectivity index (χ1v) is 8.52. The highest BCUT2D eigenvalue weighted by Crippen LogP contribution is 2.33. The van der Waals surface area contributed by atoms with Crippen molar-refractivity contribution >= 4 is 49.1 Å². The van der Waals surface area contributed by atoms with Gasteiger partial charge < -0.3 is 10.2 Å². The Morgan fingerprint density at radius 3 is 2.61 bits per heavy atom. The zero-order valence-electron chi connectivity index (χ0n) is 9.79. The Kier molecular flexibility index (Phi) is 3.80. The Hall–Kier alpha value is 0.0900. The first-order chi connectivity index (χ1) is 8.63. The quantitative estimate of drug-likeness (QED) is 0.837. The Morgan fingerprint density at radius 1 is 1.39 bits per heavy atom. The Labute approximate surface area is 127 Å². The summed E-state index contributed by atoms with van der Waals surface area (Å²) in [6.07, 6.45) is 2.45. The van der Waals surface area contributed by atoms with Crippen LogP contribution in [0.25, 0.3) is 0 Å². The number of hydrogen-bond donors (Lipinski definition) is 1. The van der Waals surface area contributed by atoms with Crippen molar-refractivity contribution in [2.24, 2.45) is 5.92 Å². The van der Waals surface area contributed by atoms with Gasteiger partial charge in [-0.05, 0) is 69.8 Å². The highest BCUT2D eigenvalue weighted by Gasteiger charge is 2.35. The first-order valence-electron chi connectivity index (χ1n) is 6.11. The van der Waals surface area contributed by atoms with E-state index >= 15 is 0 Å². The molecule has 3 aliphatic rings. The van der Waals surface area contributed by atoms with Crippen molar-refractivity contribution < 1.29 is 4.79 Å². The molecule has 1 atom stereocenters. The van der Waals surface area contributed by atoms with Crippen LogP contribution in [0.5, 0.6) is 0 Å². The number of nitrogens with zero attached hydrogens (tertiary/aromatic N) is 1. The van der Waals surface area contributed by atoms with Crippen molar-refractivity contribution in [1.29, 1.82) is 0 Å². The average Bonchev–Trinajstić information content (AvgIpc) is 2.71. The molecule has 4 heterocycles. The fraction of sp³-hybridized carbons (Fsp3) is 0.583. The summed E-state index contributed by atoms with van der Waals surface area (Å²) in [6, 6.07) is 2.21. The summed E-state index contributed by atoms with van der Waals surface area (Å²) in [5.74, 6) is 0.732. The molecule has 1 aromatic rings. The second-order valence-electron chi connectivity index (χ2n) is 4.95. The van der Waals surface area contributed by atoms with Crippen LogP contribution >= 0.6 is 43.2 Å². The maximum Gasteiger partial charge on any atom is 0.261 e. The first kappa shape index (κ1) is 13.1. The van der Waals surface area contributed by atoms with Crippen LogP contribution in [0.4, 0.5) is 0 Å². The number of halogens is 2. The maximum atomic E-state index is 12.2. The SMILES string of the molecule is O=C(N[C@@H]1CN2CCC1CC2)c1cc(Br)c(Br)s1. The fourth-order valence-electron chi connectivity index (χ4n) is 2.83. The van der Waals surface area contributed by atoms with E-state index in [1.165, 1.54) is 37.3 Å². The molecule has 1 amide bonds. The van der Waals surface area contributed by atoms with Gasteiger partial charge in [0.15, 0.2) is 0 Å². The van der Waals surface area contributed by atoms with Crippen LogP contribution in [0.15, 0.2) is 14.3 Å². The number of piperidine rings is 3. The maximum absolute atomic E-state index is 12.2. The van der Waals surface area contributed by atoms with Gasteiger partial charge in [-0.2, -0.15) is 0 Å². The number of thiophene rings is 1. The summed E-state index contributed by atoms with van der Waals surface area (Å²) in [6.45, 7) is 3.42. The summed E-state index contributed by atoms with van der Waals surface area (Å²) in [5.41, 5.74) is 0. The van der Waals surface area contributed by atoms with Crippen LogP contribution in [0.3, 0.4) is 0 Å². The van der Waals surface area contributed by atoms with Crippen LogP contribution < -0.4 is 5.32 Å². The molecule has 3 aliphatic heterocycles. The van der Waals surface area contributed by atoms with Crippen molar-refractivity contribution in [2.45, 2.75) is 18.9 Å². The fourth-order valence-corrected chi connectivity index (χ4v) is 4.77. The number of nitrogens with one attached hydrogen (secondary N) is 1. The lowest BCUT2D eigenvalue weighted by atomic mass is 9.84. The lowest BCUT2D eigenvalue weighted by molar-refractivity contribution is 0.0622. The Balaban J connectivity index is 1.67. The van der Waals surface area contributed by atoms with E-state index in [2.05, 4.69) is 42.1 Å². The number of hydrogen-bond acceptors (Lipinski definition) is 3. The normalized spacial score (nSPS) is 30.4. The van der Waals surface area contributed by atoms with E-state index in [1.54, 1.807) is 0 Å². The standard InChI is InChI=1S/C12H14Br2N2OS/c13-8-5-10(18-11(8)14)12(17)15-9-6-16-3-1-7(9)2-4-16/h5,7,9H,1-4,6H2,(H,15,17)/t9-/m1/s1.